The van der Waals surface area contributed by atoms with E-state index in [9.17, 15) is 4.79 Å². The second-order valence-corrected chi connectivity index (χ2v) is 4.77. The third-order valence-corrected chi connectivity index (χ3v) is 3.86. The van der Waals surface area contributed by atoms with E-state index in [0.29, 0.717) is 0 Å². The van der Waals surface area contributed by atoms with Gasteiger partial charge in [0.05, 0.1) is 0 Å². The predicted molar refractivity (Wildman–Crippen MR) is 64.2 cm³/mol. The first kappa shape index (κ1) is 9.10. The summed E-state index contributed by atoms with van der Waals surface area (Å²) in [5.74, 6) is 0.0439. The average Bonchev–Trinajstić information content (AvgIpc) is 2.65. The van der Waals surface area contributed by atoms with Crippen LogP contribution in [0.25, 0.3) is 10.8 Å². The van der Waals surface area contributed by atoms with Gasteiger partial charge in [-0.1, -0.05) is 40.2 Å². The molecule has 3 rings (SSSR count). The molecular formula is C13H9BrO. The fraction of sp³-hybridized carbons (Fsp3) is 0.154. The van der Waals surface area contributed by atoms with Crippen LogP contribution in [0.1, 0.15) is 17.0 Å². The number of carbonyl (C=O) groups excluding carboxylic acids is 1. The van der Waals surface area contributed by atoms with E-state index in [1.165, 1.54) is 21.9 Å². The number of halogens is 1. The lowest BCUT2D eigenvalue weighted by atomic mass is 10.0. The maximum atomic E-state index is 11.0. The predicted octanol–water partition coefficient (Wildman–Crippen LogP) is 3.44. The third-order valence-electron chi connectivity index (χ3n) is 3.12. The van der Waals surface area contributed by atoms with Crippen molar-refractivity contribution in [2.24, 2.45) is 0 Å². The SMILES string of the molecule is O=CC1Cc2c(Br)ccc3cccc1c23. The van der Waals surface area contributed by atoms with Crippen LogP contribution in [0.4, 0.5) is 0 Å². The molecule has 0 saturated carbocycles. The summed E-state index contributed by atoms with van der Waals surface area (Å²) in [4.78, 5) is 11.0. The van der Waals surface area contributed by atoms with Gasteiger partial charge >= 0.3 is 0 Å². The molecule has 0 amide bonds. The Kier molecular flexibility index (Phi) is 1.93. The Balaban J connectivity index is 2.45. The minimum Gasteiger partial charge on any atom is -0.303 e. The van der Waals surface area contributed by atoms with Gasteiger partial charge in [0.1, 0.15) is 6.29 Å². The van der Waals surface area contributed by atoms with Crippen LogP contribution >= 0.6 is 15.9 Å². The standard InChI is InChI=1S/C13H9BrO/c14-12-5-4-8-2-1-3-10-9(7-15)6-11(12)13(8)10/h1-5,7,9H,6H2. The zero-order valence-corrected chi connectivity index (χ0v) is 9.62. The van der Waals surface area contributed by atoms with Gasteiger partial charge in [0, 0.05) is 10.4 Å². The molecule has 0 N–H and O–H groups in total. The van der Waals surface area contributed by atoms with Gasteiger partial charge in [0.15, 0.2) is 0 Å². The van der Waals surface area contributed by atoms with Gasteiger partial charge in [0.2, 0.25) is 0 Å². The monoisotopic (exact) mass is 260 g/mol. The van der Waals surface area contributed by atoms with Gasteiger partial charge in [-0.15, -0.1) is 0 Å². The molecule has 2 aromatic rings. The van der Waals surface area contributed by atoms with E-state index in [4.69, 9.17) is 0 Å². The van der Waals surface area contributed by atoms with Crippen LogP contribution < -0.4 is 0 Å². The number of rotatable bonds is 1. The van der Waals surface area contributed by atoms with E-state index in [1.54, 1.807) is 0 Å². The van der Waals surface area contributed by atoms with E-state index in [0.717, 1.165) is 17.2 Å². The zero-order valence-electron chi connectivity index (χ0n) is 8.03. The van der Waals surface area contributed by atoms with E-state index in [-0.39, 0.29) is 5.92 Å². The van der Waals surface area contributed by atoms with Gasteiger partial charge < -0.3 is 4.79 Å². The number of hydrogen-bond acceptors (Lipinski definition) is 1. The highest BCUT2D eigenvalue weighted by Crippen LogP contribution is 2.40. The molecule has 2 heteroatoms. The quantitative estimate of drug-likeness (QED) is 0.718. The number of benzene rings is 2. The van der Waals surface area contributed by atoms with Crippen molar-refractivity contribution < 1.29 is 4.79 Å². The van der Waals surface area contributed by atoms with Gasteiger partial charge in [-0.2, -0.15) is 0 Å². The molecule has 1 unspecified atom stereocenters. The van der Waals surface area contributed by atoms with Crippen molar-refractivity contribution in [1.29, 1.82) is 0 Å². The van der Waals surface area contributed by atoms with Crippen molar-refractivity contribution in [3.63, 3.8) is 0 Å². The molecule has 0 radical (unpaired) electrons. The summed E-state index contributed by atoms with van der Waals surface area (Å²) in [6.07, 6.45) is 1.89. The van der Waals surface area contributed by atoms with E-state index in [1.807, 2.05) is 6.07 Å². The molecule has 15 heavy (non-hydrogen) atoms. The maximum Gasteiger partial charge on any atom is 0.127 e. The number of carbonyl (C=O) groups is 1. The number of aldehydes is 1. The molecule has 0 spiro atoms. The fourth-order valence-corrected chi connectivity index (χ4v) is 2.91. The maximum absolute atomic E-state index is 11.0. The Morgan fingerprint density at radius 1 is 1.27 bits per heavy atom. The molecule has 0 aliphatic heterocycles. The summed E-state index contributed by atoms with van der Waals surface area (Å²) in [6.45, 7) is 0. The van der Waals surface area contributed by atoms with Crippen LogP contribution in [0.3, 0.4) is 0 Å². The van der Waals surface area contributed by atoms with Crippen LogP contribution in [0.5, 0.6) is 0 Å². The van der Waals surface area contributed by atoms with Crippen LogP contribution in [-0.4, -0.2) is 6.29 Å². The van der Waals surface area contributed by atoms with Crippen molar-refractivity contribution in [3.8, 4) is 0 Å². The molecule has 1 nitrogen and oxygen atoms in total. The summed E-state index contributed by atoms with van der Waals surface area (Å²) < 4.78 is 1.12. The van der Waals surface area contributed by atoms with Crippen LogP contribution in [0.15, 0.2) is 34.8 Å². The van der Waals surface area contributed by atoms with Crippen molar-refractivity contribution in [3.05, 3.63) is 45.9 Å². The average molecular weight is 261 g/mol. The Labute approximate surface area is 96.2 Å². The molecular weight excluding hydrogens is 252 g/mol. The molecule has 0 aromatic heterocycles. The summed E-state index contributed by atoms with van der Waals surface area (Å²) in [7, 11) is 0. The summed E-state index contributed by atoms with van der Waals surface area (Å²) in [5, 5.41) is 2.50. The van der Waals surface area contributed by atoms with Crippen molar-refractivity contribution in [1.82, 2.24) is 0 Å². The first-order chi connectivity index (χ1) is 7.31. The van der Waals surface area contributed by atoms with Crippen molar-refractivity contribution >= 4 is 33.0 Å². The molecule has 1 aliphatic rings. The zero-order chi connectivity index (χ0) is 10.4. The van der Waals surface area contributed by atoms with Gasteiger partial charge in [0.25, 0.3) is 0 Å². The smallest absolute Gasteiger partial charge is 0.127 e. The minimum atomic E-state index is 0.0439. The Hall–Kier alpha value is -1.15. The Bertz CT molecular complexity index is 560. The van der Waals surface area contributed by atoms with Crippen LogP contribution in [0, 0.1) is 0 Å². The van der Waals surface area contributed by atoms with Gasteiger partial charge in [-0.05, 0) is 34.4 Å². The van der Waals surface area contributed by atoms with Gasteiger partial charge in [-0.3, -0.25) is 0 Å². The molecule has 1 aliphatic carbocycles. The minimum absolute atomic E-state index is 0.0439. The topological polar surface area (TPSA) is 17.1 Å². The van der Waals surface area contributed by atoms with Crippen molar-refractivity contribution in [2.45, 2.75) is 12.3 Å². The molecule has 74 valence electrons. The fourth-order valence-electron chi connectivity index (χ4n) is 2.42. The molecule has 0 bridgehead atoms. The first-order valence-corrected chi connectivity index (χ1v) is 5.76. The normalized spacial score (nSPS) is 18.3. The summed E-state index contributed by atoms with van der Waals surface area (Å²) in [5.41, 5.74) is 2.46. The largest absolute Gasteiger partial charge is 0.303 e. The highest BCUT2D eigenvalue weighted by atomic mass is 79.9. The first-order valence-electron chi connectivity index (χ1n) is 4.96. The van der Waals surface area contributed by atoms with E-state index in [2.05, 4.69) is 40.2 Å². The lowest BCUT2D eigenvalue weighted by molar-refractivity contribution is -0.108. The Morgan fingerprint density at radius 3 is 2.93 bits per heavy atom. The molecule has 0 saturated heterocycles. The second kappa shape index (κ2) is 3.17. The van der Waals surface area contributed by atoms with Gasteiger partial charge in [-0.25, -0.2) is 0 Å². The van der Waals surface area contributed by atoms with E-state index < -0.39 is 0 Å². The highest BCUT2D eigenvalue weighted by Gasteiger charge is 2.25. The van der Waals surface area contributed by atoms with Crippen molar-refractivity contribution in [2.75, 3.05) is 0 Å². The molecule has 0 heterocycles. The second-order valence-electron chi connectivity index (χ2n) is 3.92. The summed E-state index contributed by atoms with van der Waals surface area (Å²) in [6, 6.07) is 10.3. The third kappa shape index (κ3) is 1.18. The number of hydrogen-bond donors (Lipinski definition) is 0. The van der Waals surface area contributed by atoms with Crippen LogP contribution in [0.2, 0.25) is 0 Å². The molecule has 0 fully saturated rings. The molecule has 1 atom stereocenters. The highest BCUT2D eigenvalue weighted by molar-refractivity contribution is 9.10. The lowest BCUT2D eigenvalue weighted by Crippen LogP contribution is -1.96. The van der Waals surface area contributed by atoms with Crippen LogP contribution in [-0.2, 0) is 11.2 Å². The Morgan fingerprint density at radius 2 is 2.13 bits per heavy atom. The molecule has 2 aromatic carbocycles. The van der Waals surface area contributed by atoms with E-state index >= 15 is 0 Å². The summed E-state index contributed by atoms with van der Waals surface area (Å²) >= 11 is 3.55. The lowest BCUT2D eigenvalue weighted by Gasteiger charge is -2.03.